The molecule has 0 saturated carbocycles. The summed E-state index contributed by atoms with van der Waals surface area (Å²) >= 11 is 0. The Morgan fingerprint density at radius 3 is 2.67 bits per heavy atom. The van der Waals surface area contributed by atoms with Gasteiger partial charge in [-0.1, -0.05) is 6.92 Å². The summed E-state index contributed by atoms with van der Waals surface area (Å²) < 4.78 is 6.10. The minimum absolute atomic E-state index is 0.284. The molecule has 70 valence electrons. The zero-order valence-corrected chi connectivity index (χ0v) is 7.94. The Balaban J connectivity index is 1.94. The molecule has 1 unspecified atom stereocenters. The molecule has 0 radical (unpaired) electrons. The molecule has 2 aliphatic rings. The average Bonchev–Trinajstić information content (AvgIpc) is 2.50. The Hall–Kier alpha value is -0.0800. The van der Waals surface area contributed by atoms with Crippen LogP contribution in [0.4, 0.5) is 0 Å². The van der Waals surface area contributed by atoms with Gasteiger partial charge in [0.1, 0.15) is 0 Å². The molecule has 2 heteroatoms. The van der Waals surface area contributed by atoms with Gasteiger partial charge in [-0.15, -0.1) is 0 Å². The van der Waals surface area contributed by atoms with Crippen LogP contribution in [-0.2, 0) is 4.74 Å². The molecule has 0 amide bonds. The largest absolute Gasteiger partial charge is 0.372 e. The van der Waals surface area contributed by atoms with E-state index in [1.165, 1.54) is 32.1 Å². The van der Waals surface area contributed by atoms with Gasteiger partial charge in [0.15, 0.2) is 0 Å². The fraction of sp³-hybridized carbons (Fsp3) is 1.00. The van der Waals surface area contributed by atoms with E-state index in [0.29, 0.717) is 6.10 Å². The predicted octanol–water partition coefficient (Wildman–Crippen LogP) is 1.70. The maximum atomic E-state index is 6.10. The molecule has 0 bridgehead atoms. The van der Waals surface area contributed by atoms with Gasteiger partial charge in [-0.2, -0.15) is 0 Å². The normalized spacial score (nSPS) is 34.2. The third-order valence-corrected chi connectivity index (χ3v) is 3.31. The number of rotatable bonds is 1. The number of hydrogen-bond acceptors (Lipinski definition) is 2. The van der Waals surface area contributed by atoms with E-state index < -0.39 is 0 Å². The van der Waals surface area contributed by atoms with Crippen molar-refractivity contribution in [1.29, 1.82) is 0 Å². The van der Waals surface area contributed by atoms with Crippen LogP contribution in [0.5, 0.6) is 0 Å². The SMILES string of the molecule is CCC1CCC2(CCNCC2)O1. The van der Waals surface area contributed by atoms with Crippen LogP contribution in [0.1, 0.15) is 39.0 Å². The monoisotopic (exact) mass is 169 g/mol. The zero-order valence-electron chi connectivity index (χ0n) is 7.94. The topological polar surface area (TPSA) is 21.3 Å². The number of hydrogen-bond donors (Lipinski definition) is 1. The van der Waals surface area contributed by atoms with Gasteiger partial charge in [0.05, 0.1) is 11.7 Å². The second-order valence-electron chi connectivity index (χ2n) is 4.12. The molecule has 0 aromatic rings. The summed E-state index contributed by atoms with van der Waals surface area (Å²) in [4.78, 5) is 0. The fourth-order valence-electron chi connectivity index (χ4n) is 2.43. The molecular formula is C10H19NO. The van der Waals surface area contributed by atoms with Crippen LogP contribution >= 0.6 is 0 Å². The van der Waals surface area contributed by atoms with Crippen LogP contribution in [0.3, 0.4) is 0 Å². The maximum Gasteiger partial charge on any atom is 0.0711 e. The molecule has 12 heavy (non-hydrogen) atoms. The molecule has 1 N–H and O–H groups in total. The first-order valence-corrected chi connectivity index (χ1v) is 5.23. The summed E-state index contributed by atoms with van der Waals surface area (Å²) in [5.41, 5.74) is 0.284. The fourth-order valence-corrected chi connectivity index (χ4v) is 2.43. The third kappa shape index (κ3) is 1.50. The lowest BCUT2D eigenvalue weighted by Gasteiger charge is -2.33. The molecule has 0 aromatic carbocycles. The van der Waals surface area contributed by atoms with E-state index in [9.17, 15) is 0 Å². The maximum absolute atomic E-state index is 6.10. The second kappa shape index (κ2) is 3.35. The number of piperidine rings is 1. The molecule has 1 spiro atoms. The molecule has 1 atom stereocenters. The van der Waals surface area contributed by atoms with Crippen molar-refractivity contribution in [1.82, 2.24) is 5.32 Å². The van der Waals surface area contributed by atoms with Gasteiger partial charge < -0.3 is 10.1 Å². The van der Waals surface area contributed by atoms with Crippen molar-refractivity contribution in [3.8, 4) is 0 Å². The van der Waals surface area contributed by atoms with Gasteiger partial charge in [-0.3, -0.25) is 0 Å². The Morgan fingerprint density at radius 2 is 2.08 bits per heavy atom. The van der Waals surface area contributed by atoms with Crippen LogP contribution in [-0.4, -0.2) is 24.8 Å². The predicted molar refractivity (Wildman–Crippen MR) is 49.2 cm³/mol. The van der Waals surface area contributed by atoms with Gasteiger partial charge in [-0.05, 0) is 45.2 Å². The Morgan fingerprint density at radius 1 is 1.33 bits per heavy atom. The van der Waals surface area contributed by atoms with Crippen LogP contribution in [0.2, 0.25) is 0 Å². The van der Waals surface area contributed by atoms with Crippen LogP contribution in [0.15, 0.2) is 0 Å². The molecule has 2 heterocycles. The highest BCUT2D eigenvalue weighted by Crippen LogP contribution is 2.37. The summed E-state index contributed by atoms with van der Waals surface area (Å²) in [7, 11) is 0. The van der Waals surface area contributed by atoms with Crippen molar-refractivity contribution in [2.24, 2.45) is 0 Å². The molecule has 0 aromatic heterocycles. The van der Waals surface area contributed by atoms with Crippen LogP contribution in [0, 0.1) is 0 Å². The Bertz CT molecular complexity index is 152. The van der Waals surface area contributed by atoms with Crippen molar-refractivity contribution in [2.75, 3.05) is 13.1 Å². The summed E-state index contributed by atoms with van der Waals surface area (Å²) in [6, 6.07) is 0. The van der Waals surface area contributed by atoms with E-state index in [2.05, 4.69) is 12.2 Å². The highest BCUT2D eigenvalue weighted by atomic mass is 16.5. The molecule has 2 aliphatic heterocycles. The van der Waals surface area contributed by atoms with Crippen molar-refractivity contribution in [2.45, 2.75) is 50.7 Å². The van der Waals surface area contributed by atoms with E-state index in [4.69, 9.17) is 4.74 Å². The smallest absolute Gasteiger partial charge is 0.0711 e. The molecule has 2 nitrogen and oxygen atoms in total. The highest BCUT2D eigenvalue weighted by Gasteiger charge is 2.39. The summed E-state index contributed by atoms with van der Waals surface area (Å²) in [5.74, 6) is 0. The van der Waals surface area contributed by atoms with Gasteiger partial charge in [-0.25, -0.2) is 0 Å². The quantitative estimate of drug-likeness (QED) is 0.645. The first-order chi connectivity index (χ1) is 5.85. The van der Waals surface area contributed by atoms with Gasteiger partial charge in [0.2, 0.25) is 0 Å². The molecule has 2 rings (SSSR count). The summed E-state index contributed by atoms with van der Waals surface area (Å²) in [6.07, 6.45) is 6.79. The summed E-state index contributed by atoms with van der Waals surface area (Å²) in [6.45, 7) is 4.53. The van der Waals surface area contributed by atoms with E-state index in [1.54, 1.807) is 0 Å². The van der Waals surface area contributed by atoms with E-state index >= 15 is 0 Å². The standard InChI is InChI=1S/C10H19NO/c1-2-9-3-4-10(12-9)5-7-11-8-6-10/h9,11H,2-8H2,1H3. The molecule has 0 aliphatic carbocycles. The Kier molecular flexibility index (Phi) is 2.37. The lowest BCUT2D eigenvalue weighted by Crippen LogP contribution is -2.41. The van der Waals surface area contributed by atoms with E-state index in [0.717, 1.165) is 13.1 Å². The van der Waals surface area contributed by atoms with Crippen molar-refractivity contribution >= 4 is 0 Å². The number of ether oxygens (including phenoxy) is 1. The van der Waals surface area contributed by atoms with Gasteiger partial charge >= 0.3 is 0 Å². The van der Waals surface area contributed by atoms with Gasteiger partial charge in [0.25, 0.3) is 0 Å². The van der Waals surface area contributed by atoms with Crippen molar-refractivity contribution in [3.05, 3.63) is 0 Å². The Labute approximate surface area is 74.7 Å². The lowest BCUT2D eigenvalue weighted by atomic mass is 9.89. The van der Waals surface area contributed by atoms with Crippen LogP contribution < -0.4 is 5.32 Å². The minimum Gasteiger partial charge on any atom is -0.372 e. The van der Waals surface area contributed by atoms with E-state index in [1.807, 2.05) is 0 Å². The number of nitrogens with one attached hydrogen (secondary N) is 1. The van der Waals surface area contributed by atoms with Crippen molar-refractivity contribution < 1.29 is 4.74 Å². The van der Waals surface area contributed by atoms with E-state index in [-0.39, 0.29) is 5.60 Å². The summed E-state index contributed by atoms with van der Waals surface area (Å²) in [5, 5.41) is 3.39. The average molecular weight is 169 g/mol. The van der Waals surface area contributed by atoms with Crippen LogP contribution in [0.25, 0.3) is 0 Å². The third-order valence-electron chi connectivity index (χ3n) is 3.31. The zero-order chi connectivity index (χ0) is 8.44. The first kappa shape index (κ1) is 8.52. The molecule has 2 saturated heterocycles. The lowest BCUT2D eigenvalue weighted by molar-refractivity contribution is -0.0598. The van der Waals surface area contributed by atoms with Gasteiger partial charge in [0, 0.05) is 0 Å². The van der Waals surface area contributed by atoms with Crippen molar-refractivity contribution in [3.63, 3.8) is 0 Å². The first-order valence-electron chi connectivity index (χ1n) is 5.23. The second-order valence-corrected chi connectivity index (χ2v) is 4.12. The molecule has 2 fully saturated rings. The highest BCUT2D eigenvalue weighted by molar-refractivity contribution is 4.92. The minimum atomic E-state index is 0.284. The molecular weight excluding hydrogens is 150 g/mol.